The van der Waals surface area contributed by atoms with Gasteiger partial charge in [-0.25, -0.2) is 4.98 Å². The van der Waals surface area contributed by atoms with Gasteiger partial charge in [0.15, 0.2) is 0 Å². The highest BCUT2D eigenvalue weighted by Gasteiger charge is 2.25. The van der Waals surface area contributed by atoms with Gasteiger partial charge in [-0.05, 0) is 37.6 Å². The molecule has 1 amide bonds. The first kappa shape index (κ1) is 17.3. The number of carbonyl (C=O) groups excluding carboxylic acids is 1. The van der Waals surface area contributed by atoms with Gasteiger partial charge in [0.2, 0.25) is 0 Å². The maximum atomic E-state index is 13.2. The number of hydrogen-bond donors (Lipinski definition) is 0. The molecule has 1 fully saturated rings. The lowest BCUT2D eigenvalue weighted by Crippen LogP contribution is -2.49. The van der Waals surface area contributed by atoms with Crippen LogP contribution in [0, 0.1) is 13.8 Å². The van der Waals surface area contributed by atoms with Crippen molar-refractivity contribution in [1.82, 2.24) is 19.4 Å². The zero-order valence-corrected chi connectivity index (χ0v) is 15.7. The molecule has 6 nitrogen and oxygen atoms in total. The third kappa shape index (κ3) is 3.43. The number of amides is 1. The summed E-state index contributed by atoms with van der Waals surface area (Å²) in [5, 5.41) is 0. The van der Waals surface area contributed by atoms with E-state index in [4.69, 9.17) is 0 Å². The van der Waals surface area contributed by atoms with E-state index >= 15 is 0 Å². The predicted octanol–water partition coefficient (Wildman–Crippen LogP) is 2.85. The lowest BCUT2D eigenvalue weighted by Gasteiger charge is -2.36. The summed E-state index contributed by atoms with van der Waals surface area (Å²) in [5.41, 5.74) is 5.03. The van der Waals surface area contributed by atoms with E-state index in [1.54, 1.807) is 12.5 Å². The SMILES string of the molecule is Cc1ccc(-n2ccnc2)c(C(=O)N2CCN(c3cnccc3C)CC2)c1. The van der Waals surface area contributed by atoms with Gasteiger partial charge < -0.3 is 14.4 Å². The van der Waals surface area contributed by atoms with E-state index in [0.29, 0.717) is 13.1 Å². The number of imidazole rings is 1. The zero-order chi connectivity index (χ0) is 18.8. The van der Waals surface area contributed by atoms with Gasteiger partial charge in [-0.1, -0.05) is 11.6 Å². The fourth-order valence-electron chi connectivity index (χ4n) is 3.56. The van der Waals surface area contributed by atoms with Crippen LogP contribution in [0.2, 0.25) is 0 Å². The summed E-state index contributed by atoms with van der Waals surface area (Å²) in [7, 11) is 0. The van der Waals surface area contributed by atoms with E-state index in [-0.39, 0.29) is 5.91 Å². The van der Waals surface area contributed by atoms with E-state index in [1.165, 1.54) is 5.56 Å². The van der Waals surface area contributed by atoms with Gasteiger partial charge in [-0.15, -0.1) is 0 Å². The van der Waals surface area contributed by atoms with Crippen molar-refractivity contribution >= 4 is 11.6 Å². The molecule has 1 aromatic carbocycles. The molecular formula is C21H23N5O. The number of benzene rings is 1. The fraction of sp³-hybridized carbons (Fsp3) is 0.286. The second-order valence-electron chi connectivity index (χ2n) is 6.93. The number of aryl methyl sites for hydroxylation is 2. The zero-order valence-electron chi connectivity index (χ0n) is 15.7. The minimum atomic E-state index is 0.0740. The standard InChI is InChI=1S/C21H23N5O/c1-16-3-4-19(26-8-7-23-15-26)18(13-16)21(27)25-11-9-24(10-12-25)20-14-22-6-5-17(20)2/h3-8,13-15H,9-12H2,1-2H3. The maximum absolute atomic E-state index is 13.2. The molecule has 1 aliphatic rings. The summed E-state index contributed by atoms with van der Waals surface area (Å²) >= 11 is 0. The van der Waals surface area contributed by atoms with Crippen molar-refractivity contribution in [2.45, 2.75) is 13.8 Å². The highest BCUT2D eigenvalue weighted by Crippen LogP contribution is 2.22. The lowest BCUT2D eigenvalue weighted by molar-refractivity contribution is 0.0746. The molecule has 0 saturated carbocycles. The molecule has 1 aliphatic heterocycles. The number of carbonyl (C=O) groups is 1. The first-order chi connectivity index (χ1) is 13.1. The van der Waals surface area contributed by atoms with Gasteiger partial charge in [0.25, 0.3) is 5.91 Å². The Kier molecular flexibility index (Phi) is 4.62. The van der Waals surface area contributed by atoms with Crippen molar-refractivity contribution in [3.8, 4) is 5.69 Å². The Morgan fingerprint density at radius 1 is 0.963 bits per heavy atom. The molecule has 0 atom stereocenters. The van der Waals surface area contributed by atoms with E-state index in [2.05, 4.69) is 21.8 Å². The van der Waals surface area contributed by atoms with Crippen molar-refractivity contribution in [2.24, 2.45) is 0 Å². The van der Waals surface area contributed by atoms with E-state index in [1.807, 2.05) is 59.2 Å². The summed E-state index contributed by atoms with van der Waals surface area (Å²) in [4.78, 5) is 25.8. The third-order valence-corrected chi connectivity index (χ3v) is 5.08. The molecule has 0 aliphatic carbocycles. The first-order valence-corrected chi connectivity index (χ1v) is 9.17. The fourth-order valence-corrected chi connectivity index (χ4v) is 3.56. The maximum Gasteiger partial charge on any atom is 0.256 e. The van der Waals surface area contributed by atoms with Crippen LogP contribution in [0.5, 0.6) is 0 Å². The summed E-state index contributed by atoms with van der Waals surface area (Å²) < 4.78 is 1.89. The van der Waals surface area contributed by atoms with Gasteiger partial charge in [-0.3, -0.25) is 9.78 Å². The lowest BCUT2D eigenvalue weighted by atomic mass is 10.1. The van der Waals surface area contributed by atoms with Crippen LogP contribution in [0.1, 0.15) is 21.5 Å². The van der Waals surface area contributed by atoms with Crippen LogP contribution in [0.4, 0.5) is 5.69 Å². The number of piperazine rings is 1. The van der Waals surface area contributed by atoms with Gasteiger partial charge in [0, 0.05) is 44.8 Å². The number of hydrogen-bond acceptors (Lipinski definition) is 4. The van der Waals surface area contributed by atoms with Gasteiger partial charge in [-0.2, -0.15) is 0 Å². The molecule has 0 radical (unpaired) electrons. The quantitative estimate of drug-likeness (QED) is 0.720. The first-order valence-electron chi connectivity index (χ1n) is 9.17. The monoisotopic (exact) mass is 361 g/mol. The number of anilines is 1. The molecule has 138 valence electrons. The molecule has 2 aromatic heterocycles. The third-order valence-electron chi connectivity index (χ3n) is 5.08. The largest absolute Gasteiger partial charge is 0.367 e. The van der Waals surface area contributed by atoms with Crippen molar-refractivity contribution in [3.05, 3.63) is 72.1 Å². The van der Waals surface area contributed by atoms with Crippen LogP contribution in [0.25, 0.3) is 5.69 Å². The molecule has 0 spiro atoms. The topological polar surface area (TPSA) is 54.3 Å². The second kappa shape index (κ2) is 7.23. The molecule has 0 N–H and O–H groups in total. The van der Waals surface area contributed by atoms with Crippen LogP contribution >= 0.6 is 0 Å². The van der Waals surface area contributed by atoms with Crippen molar-refractivity contribution < 1.29 is 4.79 Å². The molecule has 1 saturated heterocycles. The molecule has 6 heteroatoms. The summed E-state index contributed by atoms with van der Waals surface area (Å²) in [6.07, 6.45) is 9.04. The number of rotatable bonds is 3. The normalized spacial score (nSPS) is 14.4. The Hall–Kier alpha value is -3.15. The number of pyridine rings is 1. The molecule has 3 heterocycles. The second-order valence-corrected chi connectivity index (χ2v) is 6.93. The Morgan fingerprint density at radius 2 is 1.78 bits per heavy atom. The van der Waals surface area contributed by atoms with Crippen LogP contribution in [-0.2, 0) is 0 Å². The van der Waals surface area contributed by atoms with Crippen molar-refractivity contribution in [3.63, 3.8) is 0 Å². The highest BCUT2D eigenvalue weighted by molar-refractivity contribution is 5.98. The minimum Gasteiger partial charge on any atom is -0.367 e. The minimum absolute atomic E-state index is 0.0740. The number of aromatic nitrogens is 3. The Morgan fingerprint density at radius 3 is 2.48 bits per heavy atom. The molecule has 0 bridgehead atoms. The average Bonchev–Trinajstić information content (AvgIpc) is 3.22. The molecule has 4 rings (SSSR count). The molecular weight excluding hydrogens is 338 g/mol. The van der Waals surface area contributed by atoms with E-state index < -0.39 is 0 Å². The summed E-state index contributed by atoms with van der Waals surface area (Å²) in [6, 6.07) is 8.00. The van der Waals surface area contributed by atoms with Crippen molar-refractivity contribution in [2.75, 3.05) is 31.1 Å². The number of nitrogens with zero attached hydrogens (tertiary/aromatic N) is 5. The average molecular weight is 361 g/mol. The van der Waals surface area contributed by atoms with Gasteiger partial charge in [0.1, 0.15) is 0 Å². The smallest absolute Gasteiger partial charge is 0.256 e. The van der Waals surface area contributed by atoms with Crippen LogP contribution in [0.15, 0.2) is 55.4 Å². The van der Waals surface area contributed by atoms with E-state index in [9.17, 15) is 4.79 Å². The van der Waals surface area contributed by atoms with E-state index in [0.717, 1.165) is 35.6 Å². The highest BCUT2D eigenvalue weighted by atomic mass is 16.2. The molecule has 0 unspecified atom stereocenters. The van der Waals surface area contributed by atoms with Crippen LogP contribution < -0.4 is 4.90 Å². The van der Waals surface area contributed by atoms with Gasteiger partial charge >= 0.3 is 0 Å². The van der Waals surface area contributed by atoms with Crippen LogP contribution in [0.3, 0.4) is 0 Å². The van der Waals surface area contributed by atoms with Crippen molar-refractivity contribution in [1.29, 1.82) is 0 Å². The van der Waals surface area contributed by atoms with Crippen LogP contribution in [-0.4, -0.2) is 51.5 Å². The summed E-state index contributed by atoms with van der Waals surface area (Å²) in [6.45, 7) is 7.13. The Bertz CT molecular complexity index is 943. The molecule has 3 aromatic rings. The Balaban J connectivity index is 1.54. The predicted molar refractivity (Wildman–Crippen MR) is 105 cm³/mol. The Labute approximate surface area is 159 Å². The molecule has 27 heavy (non-hydrogen) atoms. The summed E-state index contributed by atoms with van der Waals surface area (Å²) in [5.74, 6) is 0.0740. The van der Waals surface area contributed by atoms with Gasteiger partial charge in [0.05, 0.1) is 29.5 Å².